The minimum absolute atomic E-state index is 0.152. The first kappa shape index (κ1) is 14.2. The van der Waals surface area contributed by atoms with Crippen LogP contribution in [0.3, 0.4) is 0 Å². The molecule has 1 aromatic rings. The zero-order valence-electron chi connectivity index (χ0n) is 11.0. The molecule has 4 nitrogen and oxygen atoms in total. The van der Waals surface area contributed by atoms with Gasteiger partial charge in [0, 0.05) is 18.8 Å². The van der Waals surface area contributed by atoms with Gasteiger partial charge in [0.2, 0.25) is 0 Å². The van der Waals surface area contributed by atoms with Crippen molar-refractivity contribution in [3.05, 3.63) is 28.8 Å². The number of anilines is 1. The number of nitrogen functional groups attached to an aromatic ring is 1. The van der Waals surface area contributed by atoms with Crippen LogP contribution in [-0.2, 0) is 0 Å². The van der Waals surface area contributed by atoms with Gasteiger partial charge in [0.05, 0.1) is 16.2 Å². The molecular weight excluding hydrogens is 264 g/mol. The second kappa shape index (κ2) is 5.39. The second-order valence-electron chi connectivity index (χ2n) is 5.35. The van der Waals surface area contributed by atoms with E-state index < -0.39 is 5.60 Å². The highest BCUT2D eigenvalue weighted by Crippen LogP contribution is 2.27. The Balaban J connectivity index is 2.20. The third-order valence-electron chi connectivity index (χ3n) is 3.61. The molecule has 1 atom stereocenters. The van der Waals surface area contributed by atoms with E-state index in [0.717, 1.165) is 6.42 Å². The SMILES string of the molecule is CC1(O)CCCN(C(=O)c2c(N)cccc2Cl)CC1. The van der Waals surface area contributed by atoms with E-state index in [-0.39, 0.29) is 5.91 Å². The molecule has 104 valence electrons. The molecule has 0 bridgehead atoms. The highest BCUT2D eigenvalue weighted by Gasteiger charge is 2.28. The summed E-state index contributed by atoms with van der Waals surface area (Å²) < 4.78 is 0. The zero-order valence-corrected chi connectivity index (χ0v) is 11.8. The fourth-order valence-corrected chi connectivity index (χ4v) is 2.65. The van der Waals surface area contributed by atoms with E-state index in [4.69, 9.17) is 17.3 Å². The molecule has 1 unspecified atom stereocenters. The highest BCUT2D eigenvalue weighted by molar-refractivity contribution is 6.34. The van der Waals surface area contributed by atoms with Gasteiger partial charge >= 0.3 is 0 Å². The van der Waals surface area contributed by atoms with Crippen molar-refractivity contribution in [3.63, 3.8) is 0 Å². The molecule has 1 heterocycles. The lowest BCUT2D eigenvalue weighted by atomic mass is 9.98. The van der Waals surface area contributed by atoms with Gasteiger partial charge in [0.25, 0.3) is 5.91 Å². The Kier molecular flexibility index (Phi) is 4.02. The van der Waals surface area contributed by atoms with Gasteiger partial charge in [-0.1, -0.05) is 17.7 Å². The van der Waals surface area contributed by atoms with Gasteiger partial charge in [-0.2, -0.15) is 0 Å². The molecule has 19 heavy (non-hydrogen) atoms. The normalized spacial score (nSPS) is 24.1. The van der Waals surface area contributed by atoms with E-state index in [2.05, 4.69) is 0 Å². The molecule has 0 aliphatic carbocycles. The first-order valence-corrected chi connectivity index (χ1v) is 6.84. The Morgan fingerprint density at radius 3 is 2.84 bits per heavy atom. The van der Waals surface area contributed by atoms with E-state index in [0.29, 0.717) is 42.2 Å². The Morgan fingerprint density at radius 2 is 2.16 bits per heavy atom. The fraction of sp³-hybridized carbons (Fsp3) is 0.500. The predicted molar refractivity (Wildman–Crippen MR) is 76.2 cm³/mol. The average Bonchev–Trinajstić information content (AvgIpc) is 2.50. The Hall–Kier alpha value is -1.26. The topological polar surface area (TPSA) is 66.6 Å². The molecule has 1 aromatic carbocycles. The van der Waals surface area contributed by atoms with Crippen molar-refractivity contribution in [2.75, 3.05) is 18.8 Å². The van der Waals surface area contributed by atoms with E-state index >= 15 is 0 Å². The molecule has 0 saturated carbocycles. The molecule has 1 aliphatic heterocycles. The Labute approximate surface area is 118 Å². The van der Waals surface area contributed by atoms with Gasteiger partial charge in [-0.05, 0) is 38.3 Å². The summed E-state index contributed by atoms with van der Waals surface area (Å²) in [5.41, 5.74) is 5.91. The lowest BCUT2D eigenvalue weighted by Crippen LogP contribution is -2.34. The molecule has 0 radical (unpaired) electrons. The second-order valence-corrected chi connectivity index (χ2v) is 5.75. The van der Waals surface area contributed by atoms with Crippen LogP contribution in [0.25, 0.3) is 0 Å². The van der Waals surface area contributed by atoms with Gasteiger partial charge in [0.1, 0.15) is 0 Å². The molecule has 1 saturated heterocycles. The highest BCUT2D eigenvalue weighted by atomic mass is 35.5. The first-order valence-electron chi connectivity index (χ1n) is 6.46. The van der Waals surface area contributed by atoms with Crippen molar-refractivity contribution in [1.29, 1.82) is 0 Å². The van der Waals surface area contributed by atoms with Crippen molar-refractivity contribution in [3.8, 4) is 0 Å². The smallest absolute Gasteiger partial charge is 0.257 e. The van der Waals surface area contributed by atoms with Crippen molar-refractivity contribution in [2.24, 2.45) is 0 Å². The van der Waals surface area contributed by atoms with Crippen molar-refractivity contribution in [2.45, 2.75) is 31.8 Å². The van der Waals surface area contributed by atoms with Crippen molar-refractivity contribution in [1.82, 2.24) is 4.90 Å². The van der Waals surface area contributed by atoms with E-state index in [1.54, 1.807) is 23.1 Å². The lowest BCUT2D eigenvalue weighted by molar-refractivity contribution is 0.0438. The van der Waals surface area contributed by atoms with E-state index in [1.807, 2.05) is 6.92 Å². The quantitative estimate of drug-likeness (QED) is 0.777. The molecule has 1 fully saturated rings. The van der Waals surface area contributed by atoms with E-state index in [9.17, 15) is 9.90 Å². The molecule has 3 N–H and O–H groups in total. The van der Waals surface area contributed by atoms with Crippen LogP contribution in [-0.4, -0.2) is 34.6 Å². The number of hydrogen-bond donors (Lipinski definition) is 2. The summed E-state index contributed by atoms with van der Waals surface area (Å²) in [5.74, 6) is -0.152. The van der Waals surface area contributed by atoms with Crippen LogP contribution < -0.4 is 5.73 Å². The molecule has 0 spiro atoms. The third-order valence-corrected chi connectivity index (χ3v) is 3.93. The number of likely N-dealkylation sites (tertiary alicyclic amines) is 1. The number of halogens is 1. The minimum atomic E-state index is -0.693. The third kappa shape index (κ3) is 3.19. The zero-order chi connectivity index (χ0) is 14.0. The summed E-state index contributed by atoms with van der Waals surface area (Å²) >= 11 is 6.06. The average molecular weight is 283 g/mol. The summed E-state index contributed by atoms with van der Waals surface area (Å²) in [7, 11) is 0. The van der Waals surface area contributed by atoms with Gasteiger partial charge in [-0.3, -0.25) is 4.79 Å². The predicted octanol–water partition coefficient (Wildman–Crippen LogP) is 2.30. The number of benzene rings is 1. The monoisotopic (exact) mass is 282 g/mol. The number of nitrogens with zero attached hydrogens (tertiary/aromatic N) is 1. The number of amides is 1. The van der Waals surface area contributed by atoms with Gasteiger partial charge in [0.15, 0.2) is 0 Å². The number of hydrogen-bond acceptors (Lipinski definition) is 3. The van der Waals surface area contributed by atoms with Crippen LogP contribution in [0.5, 0.6) is 0 Å². The first-order chi connectivity index (χ1) is 8.91. The molecule has 5 heteroatoms. The number of carbonyl (C=O) groups excluding carboxylic acids is 1. The van der Waals surface area contributed by atoms with Crippen molar-refractivity contribution >= 4 is 23.2 Å². The minimum Gasteiger partial charge on any atom is -0.398 e. The summed E-state index contributed by atoms with van der Waals surface area (Å²) in [5, 5.41) is 10.4. The number of carbonyl (C=O) groups is 1. The van der Waals surface area contributed by atoms with Crippen LogP contribution in [0.4, 0.5) is 5.69 Å². The molecular formula is C14H19ClN2O2. The maximum atomic E-state index is 12.5. The summed E-state index contributed by atoms with van der Waals surface area (Å²) in [6, 6.07) is 5.06. The summed E-state index contributed by atoms with van der Waals surface area (Å²) in [6.45, 7) is 2.96. The summed E-state index contributed by atoms with van der Waals surface area (Å²) in [6.07, 6.45) is 2.06. The Bertz CT molecular complexity index is 468. The van der Waals surface area contributed by atoms with Crippen LogP contribution in [0, 0.1) is 0 Å². The maximum Gasteiger partial charge on any atom is 0.257 e. The number of rotatable bonds is 1. The molecule has 1 amide bonds. The standard InChI is InChI=1S/C14H19ClN2O2/c1-14(19)6-3-8-17(9-7-14)13(18)12-10(15)4-2-5-11(12)16/h2,4-5,19H,3,6-9,16H2,1H3. The van der Waals surface area contributed by atoms with Gasteiger partial charge in [-0.15, -0.1) is 0 Å². The van der Waals surface area contributed by atoms with E-state index in [1.165, 1.54) is 0 Å². The largest absolute Gasteiger partial charge is 0.398 e. The van der Waals surface area contributed by atoms with Gasteiger partial charge < -0.3 is 15.7 Å². The number of nitrogens with two attached hydrogens (primary N) is 1. The molecule has 1 aliphatic rings. The fourth-order valence-electron chi connectivity index (χ4n) is 2.39. The number of aliphatic hydroxyl groups is 1. The molecule has 2 rings (SSSR count). The van der Waals surface area contributed by atoms with Crippen LogP contribution in [0.15, 0.2) is 18.2 Å². The maximum absolute atomic E-state index is 12.5. The molecule has 0 aromatic heterocycles. The Morgan fingerprint density at radius 1 is 1.42 bits per heavy atom. The lowest BCUT2D eigenvalue weighted by Gasteiger charge is -2.23. The van der Waals surface area contributed by atoms with Crippen molar-refractivity contribution < 1.29 is 9.90 Å². The van der Waals surface area contributed by atoms with Crippen LogP contribution in [0.2, 0.25) is 5.02 Å². The summed E-state index contributed by atoms with van der Waals surface area (Å²) in [4.78, 5) is 14.2. The van der Waals surface area contributed by atoms with Crippen LogP contribution >= 0.6 is 11.6 Å². The van der Waals surface area contributed by atoms with Crippen LogP contribution in [0.1, 0.15) is 36.5 Å². The van der Waals surface area contributed by atoms with Gasteiger partial charge in [-0.25, -0.2) is 0 Å².